The molecule has 0 radical (unpaired) electrons. The molecule has 1 heterocycles. The van der Waals surface area contributed by atoms with Crippen LogP contribution in [0.5, 0.6) is 11.5 Å². The highest BCUT2D eigenvalue weighted by molar-refractivity contribution is 7.54. The number of nitrogens with two attached hydrogens (primary N) is 2. The summed E-state index contributed by atoms with van der Waals surface area (Å²) in [5.41, 5.74) is 10.9. The number of phenolic OH excluding ortho intramolecular Hbond substituents is 1. The van der Waals surface area contributed by atoms with Crippen molar-refractivity contribution >= 4 is 18.7 Å². The fourth-order valence-corrected chi connectivity index (χ4v) is 1.68. The summed E-state index contributed by atoms with van der Waals surface area (Å²) in [5.74, 6) is 0.177. The Morgan fingerprint density at radius 2 is 2.20 bits per heavy atom. The predicted octanol–water partition coefficient (Wildman–Crippen LogP) is 0.673. The van der Waals surface area contributed by atoms with E-state index < -0.39 is 7.67 Å². The van der Waals surface area contributed by atoms with Gasteiger partial charge in [0, 0.05) is 0 Å². The summed E-state index contributed by atoms with van der Waals surface area (Å²) in [5, 5.41) is 9.41. The number of nitrogens with zero attached hydrogens (tertiary/aromatic N) is 1. The van der Waals surface area contributed by atoms with Crippen molar-refractivity contribution in [2.75, 3.05) is 0 Å². The number of aromatic hydroxyl groups is 1. The van der Waals surface area contributed by atoms with Crippen LogP contribution in [0.25, 0.3) is 11.0 Å². The van der Waals surface area contributed by atoms with Gasteiger partial charge in [-0.15, -0.1) is 0 Å². The molecule has 0 saturated heterocycles. The first kappa shape index (κ1) is 9.97. The molecule has 8 heteroatoms. The molecule has 6 N–H and O–H groups in total. The maximum atomic E-state index is 11.1. The van der Waals surface area contributed by atoms with E-state index in [2.05, 4.69) is 9.97 Å². The number of phenols is 1. The van der Waals surface area contributed by atoms with Gasteiger partial charge in [-0.1, -0.05) is 0 Å². The summed E-state index contributed by atoms with van der Waals surface area (Å²) >= 11 is 0. The van der Waals surface area contributed by atoms with E-state index in [4.69, 9.17) is 15.5 Å². The van der Waals surface area contributed by atoms with Crippen LogP contribution >= 0.6 is 7.67 Å². The minimum atomic E-state index is -3.61. The first-order valence-corrected chi connectivity index (χ1v) is 5.75. The fraction of sp³-hybridized carbons (Fsp3) is 0. The van der Waals surface area contributed by atoms with Crippen molar-refractivity contribution in [3.05, 3.63) is 18.5 Å². The van der Waals surface area contributed by atoms with E-state index in [1.807, 2.05) is 0 Å². The van der Waals surface area contributed by atoms with Gasteiger partial charge in [-0.25, -0.2) is 20.6 Å². The predicted molar refractivity (Wildman–Crippen MR) is 54.4 cm³/mol. The van der Waals surface area contributed by atoms with Crippen LogP contribution < -0.4 is 15.5 Å². The summed E-state index contributed by atoms with van der Waals surface area (Å²) in [6.07, 6.45) is 1.37. The average Bonchev–Trinajstić information content (AvgIpc) is 2.57. The van der Waals surface area contributed by atoms with E-state index in [-0.39, 0.29) is 11.5 Å². The van der Waals surface area contributed by atoms with Gasteiger partial charge in [0.25, 0.3) is 0 Å². The molecular formula is C7H9N4O3P. The zero-order valence-electron chi connectivity index (χ0n) is 7.54. The highest BCUT2D eigenvalue weighted by atomic mass is 31.2. The molecule has 0 aliphatic rings. The quantitative estimate of drug-likeness (QED) is 0.559. The smallest absolute Gasteiger partial charge is 0.385 e. The Morgan fingerprint density at radius 1 is 1.47 bits per heavy atom. The Bertz CT molecular complexity index is 546. The third kappa shape index (κ3) is 1.94. The van der Waals surface area contributed by atoms with Crippen LogP contribution in [0.2, 0.25) is 0 Å². The number of hydrogen-bond donors (Lipinski definition) is 4. The van der Waals surface area contributed by atoms with E-state index in [1.54, 1.807) is 0 Å². The van der Waals surface area contributed by atoms with Gasteiger partial charge in [0.2, 0.25) is 0 Å². The second kappa shape index (κ2) is 3.23. The number of H-pyrrole nitrogens is 1. The lowest BCUT2D eigenvalue weighted by atomic mass is 10.3. The highest BCUT2D eigenvalue weighted by Gasteiger charge is 2.15. The normalized spacial score (nSPS) is 11.9. The molecule has 2 rings (SSSR count). The molecule has 0 atom stereocenters. The average molecular weight is 228 g/mol. The van der Waals surface area contributed by atoms with Crippen LogP contribution in [0.3, 0.4) is 0 Å². The van der Waals surface area contributed by atoms with Crippen molar-refractivity contribution in [3.63, 3.8) is 0 Å². The van der Waals surface area contributed by atoms with Gasteiger partial charge in [-0.3, -0.25) is 0 Å². The van der Waals surface area contributed by atoms with Crippen molar-refractivity contribution in [1.29, 1.82) is 0 Å². The van der Waals surface area contributed by atoms with Gasteiger partial charge in [-0.05, 0) is 12.1 Å². The zero-order valence-corrected chi connectivity index (χ0v) is 8.44. The molecular weight excluding hydrogens is 219 g/mol. The van der Waals surface area contributed by atoms with E-state index in [1.165, 1.54) is 18.5 Å². The van der Waals surface area contributed by atoms with Gasteiger partial charge in [0.15, 0.2) is 5.75 Å². The maximum absolute atomic E-state index is 11.1. The Kier molecular flexibility index (Phi) is 2.15. The Hall–Kier alpha value is -1.56. The molecule has 0 spiro atoms. The van der Waals surface area contributed by atoms with E-state index >= 15 is 0 Å². The number of fused-ring (bicyclic) bond motifs is 1. The van der Waals surface area contributed by atoms with Crippen molar-refractivity contribution in [2.24, 2.45) is 11.0 Å². The number of rotatable bonds is 2. The number of nitrogens with one attached hydrogen (secondary N) is 1. The van der Waals surface area contributed by atoms with Gasteiger partial charge in [0.1, 0.15) is 16.8 Å². The van der Waals surface area contributed by atoms with Gasteiger partial charge in [-0.2, -0.15) is 0 Å². The molecule has 2 aromatic rings. The third-order valence-corrected chi connectivity index (χ3v) is 2.24. The molecule has 1 aromatic carbocycles. The molecule has 0 unspecified atom stereocenters. The molecule has 0 fully saturated rings. The molecule has 1 aromatic heterocycles. The minimum Gasteiger partial charge on any atom is -0.506 e. The molecule has 0 bridgehead atoms. The number of benzene rings is 1. The van der Waals surface area contributed by atoms with E-state index in [0.717, 1.165) is 0 Å². The van der Waals surface area contributed by atoms with Crippen LogP contribution in [0.15, 0.2) is 18.5 Å². The van der Waals surface area contributed by atoms with Crippen molar-refractivity contribution in [2.45, 2.75) is 0 Å². The van der Waals surface area contributed by atoms with E-state index in [0.29, 0.717) is 11.0 Å². The summed E-state index contributed by atoms with van der Waals surface area (Å²) in [6, 6.07) is 2.76. The number of aromatic nitrogens is 2. The molecule has 0 saturated carbocycles. The molecule has 0 aliphatic heterocycles. The Balaban J connectivity index is 2.58. The lowest BCUT2D eigenvalue weighted by Gasteiger charge is -2.09. The monoisotopic (exact) mass is 228 g/mol. The van der Waals surface area contributed by atoms with Crippen LogP contribution in [-0.4, -0.2) is 15.1 Å². The Labute approximate surface area is 84.6 Å². The number of imidazole rings is 1. The lowest BCUT2D eigenvalue weighted by molar-refractivity contribution is 0.474. The van der Waals surface area contributed by atoms with Crippen LogP contribution in [0.4, 0.5) is 0 Å². The standard InChI is InChI=1S/C7H9N4O3P/c8-15(9,13)14-5-2-1-4(12)6-7(5)11-3-10-6/h1-3,12H,(H,10,11)(H4,8,9,13). The number of aromatic amines is 1. The van der Waals surface area contributed by atoms with E-state index in [9.17, 15) is 9.67 Å². The van der Waals surface area contributed by atoms with Gasteiger partial charge in [0.05, 0.1) is 6.33 Å². The lowest BCUT2D eigenvalue weighted by Crippen LogP contribution is -2.10. The minimum absolute atomic E-state index is 0.0116. The van der Waals surface area contributed by atoms with Gasteiger partial charge >= 0.3 is 7.67 Å². The fourth-order valence-electron chi connectivity index (χ4n) is 1.22. The molecule has 0 aliphatic carbocycles. The summed E-state index contributed by atoms with van der Waals surface area (Å²) < 4.78 is 15.9. The number of hydrogen-bond acceptors (Lipinski definition) is 4. The second-order valence-corrected chi connectivity index (χ2v) is 4.42. The van der Waals surface area contributed by atoms with Crippen LogP contribution in [0.1, 0.15) is 0 Å². The first-order chi connectivity index (χ1) is 6.97. The van der Waals surface area contributed by atoms with Crippen molar-refractivity contribution in [1.82, 2.24) is 9.97 Å². The third-order valence-electron chi connectivity index (χ3n) is 1.76. The first-order valence-electron chi connectivity index (χ1n) is 3.99. The maximum Gasteiger partial charge on any atom is 0.385 e. The van der Waals surface area contributed by atoms with Crippen LogP contribution in [0, 0.1) is 0 Å². The molecule has 15 heavy (non-hydrogen) atoms. The summed E-state index contributed by atoms with van der Waals surface area (Å²) in [6.45, 7) is 0. The molecule has 7 nitrogen and oxygen atoms in total. The Morgan fingerprint density at radius 3 is 2.87 bits per heavy atom. The molecule has 80 valence electrons. The summed E-state index contributed by atoms with van der Waals surface area (Å²) in [7, 11) is -3.61. The topological polar surface area (TPSA) is 127 Å². The highest BCUT2D eigenvalue weighted by Crippen LogP contribution is 2.36. The van der Waals surface area contributed by atoms with Crippen molar-refractivity contribution < 1.29 is 14.2 Å². The van der Waals surface area contributed by atoms with Gasteiger partial charge < -0.3 is 14.6 Å². The van der Waals surface area contributed by atoms with Crippen LogP contribution in [-0.2, 0) is 4.57 Å². The summed E-state index contributed by atoms with van der Waals surface area (Å²) in [4.78, 5) is 6.58. The largest absolute Gasteiger partial charge is 0.506 e. The molecule has 0 amide bonds. The second-order valence-electron chi connectivity index (χ2n) is 2.95. The SMILES string of the molecule is NP(N)(=O)Oc1ccc(O)c2nc[nH]c12. The zero-order chi connectivity index (χ0) is 11.1. The van der Waals surface area contributed by atoms with Crippen molar-refractivity contribution in [3.8, 4) is 11.5 Å².